The summed E-state index contributed by atoms with van der Waals surface area (Å²) in [6, 6.07) is 6.92. The van der Waals surface area contributed by atoms with Crippen LogP contribution in [0.3, 0.4) is 0 Å². The molecule has 0 aliphatic carbocycles. The number of hydrogen-bond donors (Lipinski definition) is 1. The predicted octanol–water partition coefficient (Wildman–Crippen LogP) is 1.29. The highest BCUT2D eigenvalue weighted by atomic mass is 16.4. The van der Waals surface area contributed by atoms with Crippen molar-refractivity contribution < 1.29 is 9.90 Å². The molecule has 0 atom stereocenters. The SMILES string of the molecule is C#Cc1ccc(CC(=O)O)cc1. The summed E-state index contributed by atoms with van der Waals surface area (Å²) in [6.45, 7) is 0. The normalized spacial score (nSPS) is 8.92. The molecule has 0 aliphatic rings. The van der Waals surface area contributed by atoms with Gasteiger partial charge >= 0.3 is 5.97 Å². The maximum Gasteiger partial charge on any atom is 0.307 e. The molecular weight excluding hydrogens is 152 g/mol. The predicted molar refractivity (Wildman–Crippen MR) is 45.7 cm³/mol. The molecular formula is C10H8O2. The van der Waals surface area contributed by atoms with Gasteiger partial charge < -0.3 is 5.11 Å². The summed E-state index contributed by atoms with van der Waals surface area (Å²) in [5.74, 6) is 1.63. The summed E-state index contributed by atoms with van der Waals surface area (Å²) in [5, 5.41) is 8.45. The molecule has 2 heteroatoms. The maximum atomic E-state index is 10.3. The zero-order valence-corrected chi connectivity index (χ0v) is 6.45. The number of benzene rings is 1. The molecule has 0 radical (unpaired) electrons. The van der Waals surface area contributed by atoms with E-state index < -0.39 is 5.97 Å². The number of carboxylic acid groups (broad SMARTS) is 1. The Morgan fingerprint density at radius 1 is 1.42 bits per heavy atom. The quantitative estimate of drug-likeness (QED) is 0.662. The number of aliphatic carboxylic acids is 1. The molecule has 0 amide bonds. The molecule has 0 fully saturated rings. The highest BCUT2D eigenvalue weighted by molar-refractivity contribution is 5.70. The summed E-state index contributed by atoms with van der Waals surface area (Å²) < 4.78 is 0. The highest BCUT2D eigenvalue weighted by Crippen LogP contribution is 2.03. The monoisotopic (exact) mass is 160 g/mol. The molecule has 2 nitrogen and oxygen atoms in total. The number of rotatable bonds is 2. The molecule has 0 spiro atoms. The van der Waals surface area contributed by atoms with Crippen molar-refractivity contribution in [3.05, 3.63) is 35.4 Å². The summed E-state index contributed by atoms with van der Waals surface area (Å²) in [4.78, 5) is 10.3. The molecule has 0 unspecified atom stereocenters. The maximum absolute atomic E-state index is 10.3. The van der Waals surface area contributed by atoms with Crippen LogP contribution < -0.4 is 0 Å². The molecule has 1 aromatic rings. The molecule has 0 saturated heterocycles. The van der Waals surface area contributed by atoms with Gasteiger partial charge in [0.25, 0.3) is 0 Å². The first-order chi connectivity index (χ1) is 5.72. The second-order valence-electron chi connectivity index (χ2n) is 2.41. The molecule has 1 rings (SSSR count). The van der Waals surface area contributed by atoms with Gasteiger partial charge in [-0.2, -0.15) is 0 Å². The van der Waals surface area contributed by atoms with Gasteiger partial charge in [-0.05, 0) is 17.7 Å². The van der Waals surface area contributed by atoms with Gasteiger partial charge in [-0.3, -0.25) is 4.79 Å². The van der Waals surface area contributed by atoms with Crippen LogP contribution in [-0.2, 0) is 11.2 Å². The third kappa shape index (κ3) is 2.14. The Labute approximate surface area is 70.8 Å². The molecule has 0 heterocycles. The number of carboxylic acids is 1. The molecule has 0 aliphatic heterocycles. The Bertz CT molecular complexity index is 317. The van der Waals surface area contributed by atoms with Gasteiger partial charge in [-0.15, -0.1) is 6.42 Å². The van der Waals surface area contributed by atoms with Gasteiger partial charge in [0.1, 0.15) is 0 Å². The van der Waals surface area contributed by atoms with Crippen molar-refractivity contribution in [2.45, 2.75) is 6.42 Å². The van der Waals surface area contributed by atoms with Gasteiger partial charge in [-0.25, -0.2) is 0 Å². The van der Waals surface area contributed by atoms with Crippen LogP contribution in [0.5, 0.6) is 0 Å². The van der Waals surface area contributed by atoms with E-state index in [1.54, 1.807) is 24.3 Å². The van der Waals surface area contributed by atoms with Crippen LogP contribution in [-0.4, -0.2) is 11.1 Å². The fourth-order valence-corrected chi connectivity index (χ4v) is 0.893. The Balaban J connectivity index is 2.80. The lowest BCUT2D eigenvalue weighted by molar-refractivity contribution is -0.136. The fraction of sp³-hybridized carbons (Fsp3) is 0.100. The molecule has 1 N–H and O–H groups in total. The van der Waals surface area contributed by atoms with Gasteiger partial charge in [0, 0.05) is 5.56 Å². The van der Waals surface area contributed by atoms with Crippen LogP contribution in [0.4, 0.5) is 0 Å². The van der Waals surface area contributed by atoms with E-state index in [1.807, 2.05) is 0 Å². The summed E-state index contributed by atoms with van der Waals surface area (Å²) in [6.07, 6.45) is 5.18. The topological polar surface area (TPSA) is 37.3 Å². The second kappa shape index (κ2) is 3.59. The molecule has 0 saturated carbocycles. The molecule has 0 bridgehead atoms. The highest BCUT2D eigenvalue weighted by Gasteiger charge is 1.98. The van der Waals surface area contributed by atoms with Crippen molar-refractivity contribution in [1.29, 1.82) is 0 Å². The lowest BCUT2D eigenvalue weighted by atomic mass is 10.1. The van der Waals surface area contributed by atoms with Crippen LogP contribution in [0.1, 0.15) is 11.1 Å². The second-order valence-corrected chi connectivity index (χ2v) is 2.41. The van der Waals surface area contributed by atoms with Crippen molar-refractivity contribution in [2.75, 3.05) is 0 Å². The lowest BCUT2D eigenvalue weighted by Gasteiger charge is -1.95. The average Bonchev–Trinajstić information content (AvgIpc) is 2.05. The van der Waals surface area contributed by atoms with Crippen molar-refractivity contribution in [3.8, 4) is 12.3 Å². The van der Waals surface area contributed by atoms with Crippen LogP contribution in [0.25, 0.3) is 0 Å². The first kappa shape index (κ1) is 8.35. The Morgan fingerprint density at radius 2 is 2.00 bits per heavy atom. The van der Waals surface area contributed by atoms with Crippen molar-refractivity contribution in [3.63, 3.8) is 0 Å². The van der Waals surface area contributed by atoms with E-state index in [9.17, 15) is 4.79 Å². The lowest BCUT2D eigenvalue weighted by Crippen LogP contribution is -1.99. The van der Waals surface area contributed by atoms with E-state index in [0.717, 1.165) is 11.1 Å². The first-order valence-corrected chi connectivity index (χ1v) is 3.49. The molecule has 0 aromatic heterocycles. The summed E-state index contributed by atoms with van der Waals surface area (Å²) in [7, 11) is 0. The third-order valence-electron chi connectivity index (χ3n) is 1.48. The Hall–Kier alpha value is -1.75. The van der Waals surface area contributed by atoms with E-state index in [0.29, 0.717) is 0 Å². The number of terminal acetylenes is 1. The summed E-state index contributed by atoms with van der Waals surface area (Å²) in [5.41, 5.74) is 1.53. The van der Waals surface area contributed by atoms with Crippen molar-refractivity contribution in [2.24, 2.45) is 0 Å². The minimum Gasteiger partial charge on any atom is -0.481 e. The van der Waals surface area contributed by atoms with E-state index in [-0.39, 0.29) is 6.42 Å². The minimum absolute atomic E-state index is 0.0465. The number of carbonyl (C=O) groups is 1. The summed E-state index contributed by atoms with van der Waals surface area (Å²) >= 11 is 0. The van der Waals surface area contributed by atoms with E-state index in [1.165, 1.54) is 0 Å². The zero-order chi connectivity index (χ0) is 8.97. The molecule has 12 heavy (non-hydrogen) atoms. The third-order valence-corrected chi connectivity index (χ3v) is 1.48. The smallest absolute Gasteiger partial charge is 0.307 e. The van der Waals surface area contributed by atoms with Gasteiger partial charge in [-0.1, -0.05) is 18.1 Å². The number of hydrogen-bond acceptors (Lipinski definition) is 1. The zero-order valence-electron chi connectivity index (χ0n) is 6.45. The van der Waals surface area contributed by atoms with Crippen LogP contribution in [0.15, 0.2) is 24.3 Å². The van der Waals surface area contributed by atoms with E-state index >= 15 is 0 Å². The largest absolute Gasteiger partial charge is 0.481 e. The average molecular weight is 160 g/mol. The van der Waals surface area contributed by atoms with E-state index in [4.69, 9.17) is 11.5 Å². The molecule has 60 valence electrons. The van der Waals surface area contributed by atoms with Gasteiger partial charge in [0.05, 0.1) is 6.42 Å². The van der Waals surface area contributed by atoms with E-state index in [2.05, 4.69) is 5.92 Å². The fourth-order valence-electron chi connectivity index (χ4n) is 0.893. The van der Waals surface area contributed by atoms with Crippen molar-refractivity contribution >= 4 is 5.97 Å². The Morgan fingerprint density at radius 3 is 2.42 bits per heavy atom. The standard InChI is InChI=1S/C10H8O2/c1-2-8-3-5-9(6-4-8)7-10(11)12/h1,3-6H,7H2,(H,11,12). The van der Waals surface area contributed by atoms with Gasteiger partial charge in [0.15, 0.2) is 0 Å². The Kier molecular flexibility index (Phi) is 2.49. The minimum atomic E-state index is -0.830. The van der Waals surface area contributed by atoms with Crippen LogP contribution >= 0.6 is 0 Å². The van der Waals surface area contributed by atoms with Crippen LogP contribution in [0, 0.1) is 12.3 Å². The van der Waals surface area contributed by atoms with Crippen LogP contribution in [0.2, 0.25) is 0 Å². The van der Waals surface area contributed by atoms with Gasteiger partial charge in [0.2, 0.25) is 0 Å². The first-order valence-electron chi connectivity index (χ1n) is 3.49. The van der Waals surface area contributed by atoms with Crippen molar-refractivity contribution in [1.82, 2.24) is 0 Å². The molecule has 1 aromatic carbocycles.